The van der Waals surface area contributed by atoms with Crippen LogP contribution in [0.2, 0.25) is 0 Å². The highest BCUT2D eigenvalue weighted by atomic mass is 16.2. The zero-order valence-corrected chi connectivity index (χ0v) is 20.2. The molecule has 204 valence electrons. The Kier molecular flexibility index (Phi) is 4.86. The fourth-order valence-electron chi connectivity index (χ4n) is 4.38. The third kappa shape index (κ3) is 4.97. The lowest BCUT2D eigenvalue weighted by atomic mass is 10.0. The lowest BCUT2D eigenvalue weighted by Crippen LogP contribution is -2.49. The maximum Gasteiger partial charge on any atom is 0.255 e. The summed E-state index contributed by atoms with van der Waals surface area (Å²) in [4.78, 5) is 51.6. The second-order valence-corrected chi connectivity index (χ2v) is 8.82. The molecule has 0 spiro atoms. The number of nitrogen functional groups attached to an aromatic ring is 2. The van der Waals surface area contributed by atoms with E-state index in [2.05, 4.69) is 23.8 Å². The van der Waals surface area contributed by atoms with Crippen molar-refractivity contribution in [3.05, 3.63) is 83.1 Å². The average Bonchev–Trinajstić information content (AvgIpc) is 3.50. The van der Waals surface area contributed by atoms with Gasteiger partial charge in [-0.15, -0.1) is 0 Å². The standard InChI is InChI=1S/2C14H15N3O2.CH4/c2*1-8-5-6-12(13(18)16-8)17-7-10-9(14(17)19)3-2-4-11(10)15;/h2*2-4,12H,1,5-7,15H2,(H,16,18);1H4/t2*12-;/m10./s1/i2D,3D,4D,6D2,12D;6D2,12D;. The van der Waals surface area contributed by atoms with Gasteiger partial charge < -0.3 is 31.9 Å². The van der Waals surface area contributed by atoms with Crippen LogP contribution in [-0.4, -0.2) is 45.5 Å². The lowest BCUT2D eigenvalue weighted by Gasteiger charge is -2.30. The van der Waals surface area contributed by atoms with Crippen LogP contribution in [0.15, 0.2) is 60.9 Å². The van der Waals surface area contributed by atoms with Crippen LogP contribution in [0.3, 0.4) is 0 Å². The summed E-state index contributed by atoms with van der Waals surface area (Å²) in [5.74, 6) is -3.43. The van der Waals surface area contributed by atoms with E-state index < -0.39 is 66.5 Å². The van der Waals surface area contributed by atoms with Crippen molar-refractivity contribution in [2.75, 3.05) is 11.5 Å². The quantitative estimate of drug-likeness (QED) is 0.431. The summed E-state index contributed by atoms with van der Waals surface area (Å²) in [6.07, 6.45) is -5.25. The average molecular weight is 540 g/mol. The van der Waals surface area contributed by atoms with Crippen LogP contribution < -0.4 is 22.1 Å². The minimum Gasteiger partial charge on any atom is -0.398 e. The molecule has 2 aromatic carbocycles. The topological polar surface area (TPSA) is 151 Å². The highest BCUT2D eigenvalue weighted by molar-refractivity contribution is 6.03. The zero-order valence-electron chi connectivity index (χ0n) is 29.2. The van der Waals surface area contributed by atoms with Gasteiger partial charge in [-0.2, -0.15) is 0 Å². The van der Waals surface area contributed by atoms with E-state index in [-0.39, 0.29) is 61.6 Å². The van der Waals surface area contributed by atoms with Crippen molar-refractivity contribution in [3.8, 4) is 0 Å². The SMILES string of the molecule is C.[2H]C1([2H])CC(=C)NC(=O)[C@@]1([2H])N1Cc2c(N)cccc2C1=O.[2H]c1c([2H])c(N)c2c(c1[2H])C(=O)N([C@@]1([2H])C(=O)NC(=C)CC1([2H])[2H])C2. The van der Waals surface area contributed by atoms with Gasteiger partial charge in [0.15, 0.2) is 0 Å². The Morgan fingerprint density at radius 1 is 0.846 bits per heavy atom. The van der Waals surface area contributed by atoms with Gasteiger partial charge in [0.2, 0.25) is 11.8 Å². The van der Waals surface area contributed by atoms with E-state index in [0.717, 1.165) is 4.90 Å². The Bertz CT molecular complexity index is 1840. The van der Waals surface area contributed by atoms with Gasteiger partial charge in [0.1, 0.15) is 12.0 Å². The number of allylic oxidation sites excluding steroid dienone is 2. The fourth-order valence-corrected chi connectivity index (χ4v) is 4.38. The molecular weight excluding hydrogens is 496 g/mol. The largest absolute Gasteiger partial charge is 0.398 e. The number of nitrogens with one attached hydrogen (secondary N) is 2. The third-order valence-corrected chi connectivity index (χ3v) is 6.28. The smallest absolute Gasteiger partial charge is 0.255 e. The lowest BCUT2D eigenvalue weighted by molar-refractivity contribution is -0.127. The van der Waals surface area contributed by atoms with E-state index in [4.69, 9.17) is 23.8 Å². The molecule has 0 aromatic heterocycles. The number of nitrogens with two attached hydrogens (primary N) is 2. The molecule has 2 saturated heterocycles. The Hall–Kier alpha value is -4.60. The van der Waals surface area contributed by atoms with Crippen molar-refractivity contribution in [2.45, 2.75) is 58.1 Å². The number of benzene rings is 2. The summed E-state index contributed by atoms with van der Waals surface area (Å²) in [7, 11) is 0. The molecule has 4 amide bonds. The molecular formula is C29H34N6O4. The van der Waals surface area contributed by atoms with Gasteiger partial charge in [0, 0.05) is 63.6 Å². The monoisotopic (exact) mass is 539 g/mol. The normalized spacial score (nSPS) is 31.5. The van der Waals surface area contributed by atoms with Gasteiger partial charge >= 0.3 is 0 Å². The Morgan fingerprint density at radius 3 is 1.87 bits per heavy atom. The Balaban J connectivity index is 0.000000214. The van der Waals surface area contributed by atoms with Crippen LogP contribution in [-0.2, 0) is 22.7 Å². The molecule has 4 aliphatic heterocycles. The molecule has 0 aliphatic carbocycles. The van der Waals surface area contributed by atoms with E-state index in [9.17, 15) is 19.2 Å². The van der Waals surface area contributed by atoms with E-state index in [1.165, 1.54) is 0 Å². The molecule has 0 radical (unpaired) electrons. The second kappa shape index (κ2) is 10.6. The first-order chi connectivity index (χ1) is 21.6. The number of amides is 4. The highest BCUT2D eigenvalue weighted by Crippen LogP contribution is 2.32. The molecule has 4 heterocycles. The van der Waals surface area contributed by atoms with Crippen molar-refractivity contribution in [3.63, 3.8) is 0 Å². The fraction of sp³-hybridized carbons (Fsp3) is 0.310. The molecule has 0 saturated carbocycles. The van der Waals surface area contributed by atoms with Gasteiger partial charge in [-0.05, 0) is 49.8 Å². The predicted molar refractivity (Wildman–Crippen MR) is 149 cm³/mol. The molecule has 2 fully saturated rings. The minimum absolute atomic E-state index is 0. The summed E-state index contributed by atoms with van der Waals surface area (Å²) in [5.41, 5.74) is 12.8. The molecule has 2 atom stereocenters. The number of rotatable bonds is 2. The summed E-state index contributed by atoms with van der Waals surface area (Å²) < 4.78 is 72.6. The number of anilines is 2. The molecule has 39 heavy (non-hydrogen) atoms. The zero-order chi connectivity index (χ0) is 35.2. The molecule has 4 aliphatic rings. The van der Waals surface area contributed by atoms with Gasteiger partial charge in [0.25, 0.3) is 11.8 Å². The van der Waals surface area contributed by atoms with Crippen molar-refractivity contribution >= 4 is 35.0 Å². The third-order valence-electron chi connectivity index (χ3n) is 6.28. The van der Waals surface area contributed by atoms with Crippen molar-refractivity contribution in [1.82, 2.24) is 20.4 Å². The van der Waals surface area contributed by atoms with Crippen LogP contribution in [0.1, 0.15) is 77.2 Å². The molecule has 10 nitrogen and oxygen atoms in total. The predicted octanol–water partition coefficient (Wildman–Crippen LogP) is 2.67. The van der Waals surface area contributed by atoms with E-state index in [1.807, 2.05) is 0 Å². The Labute approximate surface area is 240 Å². The van der Waals surface area contributed by atoms with E-state index in [1.54, 1.807) is 18.2 Å². The number of piperidine rings is 2. The number of carbonyl (C=O) groups excluding carboxylic acids is 4. The van der Waals surface area contributed by atoms with Crippen molar-refractivity contribution in [1.29, 1.82) is 0 Å². The minimum atomic E-state index is -2.59. The molecule has 2 aromatic rings. The highest BCUT2D eigenvalue weighted by Gasteiger charge is 2.39. The molecule has 10 heteroatoms. The number of nitrogens with zero attached hydrogens (tertiary/aromatic N) is 2. The number of hydrogen-bond acceptors (Lipinski definition) is 6. The first kappa shape index (κ1) is 17.8. The maximum atomic E-state index is 12.8. The van der Waals surface area contributed by atoms with Gasteiger partial charge in [-0.1, -0.05) is 32.7 Å². The van der Waals surface area contributed by atoms with Crippen LogP contribution in [0, 0.1) is 0 Å². The van der Waals surface area contributed by atoms with Gasteiger partial charge in [-0.3, -0.25) is 19.2 Å². The first-order valence-electron chi connectivity index (χ1n) is 16.0. The maximum absolute atomic E-state index is 12.8. The van der Waals surface area contributed by atoms with Crippen LogP contribution in [0.5, 0.6) is 0 Å². The van der Waals surface area contributed by atoms with E-state index >= 15 is 0 Å². The Morgan fingerprint density at radius 2 is 1.36 bits per heavy atom. The van der Waals surface area contributed by atoms with Crippen molar-refractivity contribution < 1.29 is 31.5 Å². The van der Waals surface area contributed by atoms with Crippen LogP contribution in [0.25, 0.3) is 0 Å². The summed E-state index contributed by atoms with van der Waals surface area (Å²) >= 11 is 0. The molecule has 6 rings (SSSR count). The van der Waals surface area contributed by atoms with E-state index in [0.29, 0.717) is 21.7 Å². The first-order valence-corrected chi connectivity index (χ1v) is 11.5. The van der Waals surface area contributed by atoms with Gasteiger partial charge in [-0.25, -0.2) is 0 Å². The molecule has 6 N–H and O–H groups in total. The molecule has 0 bridgehead atoms. The second-order valence-electron chi connectivity index (χ2n) is 8.82. The van der Waals surface area contributed by atoms with Crippen LogP contribution in [0.4, 0.5) is 11.4 Å². The number of fused-ring (bicyclic) bond motifs is 2. The summed E-state index contributed by atoms with van der Waals surface area (Å²) in [5, 5.41) is 4.67. The van der Waals surface area contributed by atoms with Crippen LogP contribution >= 0.6 is 0 Å². The number of carbonyl (C=O) groups is 4. The number of hydrogen-bond donors (Lipinski definition) is 4. The van der Waals surface area contributed by atoms with Gasteiger partial charge in [0.05, 0.1) is 6.85 Å². The molecule has 0 unspecified atom stereocenters. The summed E-state index contributed by atoms with van der Waals surface area (Å²) in [6, 6.07) is -1.62. The summed E-state index contributed by atoms with van der Waals surface area (Å²) in [6.45, 7) is 6.60. The van der Waals surface area contributed by atoms with Crippen molar-refractivity contribution in [2.24, 2.45) is 0 Å².